The second kappa shape index (κ2) is 15.9. The van der Waals surface area contributed by atoms with Crippen molar-refractivity contribution in [2.45, 2.75) is 39.0 Å². The molecule has 0 saturated heterocycles. The number of hydrogen-bond donors (Lipinski definition) is 3. The number of phenols is 1. The maximum absolute atomic E-state index is 13.4. The van der Waals surface area contributed by atoms with Crippen LogP contribution in [0.15, 0.2) is 65.4 Å². The molecule has 0 bridgehead atoms. The highest BCUT2D eigenvalue weighted by atomic mass is 32.2. The normalized spacial score (nSPS) is 11.8. The van der Waals surface area contributed by atoms with E-state index < -0.39 is 23.9 Å². The van der Waals surface area contributed by atoms with Gasteiger partial charge >= 0.3 is 5.97 Å². The van der Waals surface area contributed by atoms with E-state index in [1.54, 1.807) is 24.1 Å². The summed E-state index contributed by atoms with van der Waals surface area (Å²) in [6.07, 6.45) is -0.485. The molecule has 2 atom stereocenters. The molecule has 2 unspecified atom stereocenters. The number of carbonyl (C=O) groups is 2. The number of nitrogens with zero attached hydrogens (tertiary/aromatic N) is 1. The molecule has 3 rings (SSSR count). The van der Waals surface area contributed by atoms with Crippen LogP contribution in [-0.2, 0) is 16.0 Å². The van der Waals surface area contributed by atoms with E-state index in [0.717, 1.165) is 11.3 Å². The zero-order valence-corrected chi connectivity index (χ0v) is 21.6. The largest absolute Gasteiger partial charge is 0.508 e. The quantitative estimate of drug-likeness (QED) is 0.294. The van der Waals surface area contributed by atoms with Crippen molar-refractivity contribution in [2.24, 2.45) is 0 Å². The number of hydrogen-bond acceptors (Lipinski definition) is 7. The molecule has 36 heavy (non-hydrogen) atoms. The average Bonchev–Trinajstić information content (AvgIpc) is 3.42. The monoisotopic (exact) mass is 533 g/mol. The summed E-state index contributed by atoms with van der Waals surface area (Å²) in [5.74, 6) is -0.820. The molecular weight excluding hydrogens is 498 g/mol. The Kier molecular flexibility index (Phi) is 13.7. The summed E-state index contributed by atoms with van der Waals surface area (Å²) in [5.41, 5.74) is 2.07. The number of aliphatic hydroxyl groups is 1. The van der Waals surface area contributed by atoms with E-state index in [4.69, 9.17) is 9.84 Å². The third-order valence-electron chi connectivity index (χ3n) is 4.96. The van der Waals surface area contributed by atoms with Gasteiger partial charge in [0.1, 0.15) is 11.5 Å². The van der Waals surface area contributed by atoms with E-state index in [9.17, 15) is 19.8 Å². The number of aromatic hydroxyl groups is 1. The number of rotatable bonds is 11. The van der Waals surface area contributed by atoms with E-state index in [1.807, 2.05) is 61.0 Å². The van der Waals surface area contributed by atoms with Gasteiger partial charge in [-0.2, -0.15) is 11.3 Å². The number of carboxylic acids is 1. The van der Waals surface area contributed by atoms with Gasteiger partial charge in [0.15, 0.2) is 6.61 Å². The van der Waals surface area contributed by atoms with Gasteiger partial charge in [-0.05, 0) is 52.6 Å². The minimum atomic E-state index is -1.12. The lowest BCUT2D eigenvalue weighted by molar-refractivity contribution is -0.139. The van der Waals surface area contributed by atoms with Gasteiger partial charge in [0.05, 0.1) is 11.4 Å². The third-order valence-corrected chi connectivity index (χ3v) is 6.94. The van der Waals surface area contributed by atoms with Crippen molar-refractivity contribution < 1.29 is 29.6 Å². The Morgan fingerprint density at radius 1 is 1.11 bits per heavy atom. The van der Waals surface area contributed by atoms with Crippen LogP contribution in [0.5, 0.6) is 11.5 Å². The van der Waals surface area contributed by atoms with Crippen molar-refractivity contribution >= 4 is 40.7 Å². The first-order valence-corrected chi connectivity index (χ1v) is 13.1. The van der Waals surface area contributed by atoms with Crippen LogP contribution in [0.1, 0.15) is 38.5 Å². The highest BCUT2D eigenvalue weighted by Gasteiger charge is 2.26. The average molecular weight is 534 g/mol. The van der Waals surface area contributed by atoms with Crippen LogP contribution >= 0.6 is 23.1 Å². The van der Waals surface area contributed by atoms with Gasteiger partial charge in [-0.3, -0.25) is 4.79 Å². The minimum absolute atomic E-state index is 0. The van der Waals surface area contributed by atoms with E-state index in [1.165, 1.54) is 29.2 Å². The van der Waals surface area contributed by atoms with Crippen LogP contribution < -0.4 is 9.64 Å². The van der Waals surface area contributed by atoms with Crippen LogP contribution in [0.3, 0.4) is 0 Å². The maximum atomic E-state index is 13.4. The van der Waals surface area contributed by atoms with Gasteiger partial charge in [-0.1, -0.05) is 45.5 Å². The van der Waals surface area contributed by atoms with E-state index in [0.29, 0.717) is 11.3 Å². The van der Waals surface area contributed by atoms with Crippen molar-refractivity contribution in [3.8, 4) is 11.5 Å². The Balaban J connectivity index is 0.00000211. The number of ether oxygens (including phenoxy) is 1. The Morgan fingerprint density at radius 3 is 2.39 bits per heavy atom. The lowest BCUT2D eigenvalue weighted by Gasteiger charge is -2.25. The van der Waals surface area contributed by atoms with Gasteiger partial charge in [0.2, 0.25) is 5.91 Å². The van der Waals surface area contributed by atoms with Gasteiger partial charge in [0.25, 0.3) is 0 Å². The van der Waals surface area contributed by atoms with Gasteiger partial charge in [0, 0.05) is 24.6 Å². The number of anilines is 1. The number of carbonyl (C=O) groups excluding carboxylic acids is 1. The number of aliphatic carboxylic acids is 1. The number of carboxylic acid groups (broad SMARTS) is 1. The van der Waals surface area contributed by atoms with E-state index in [-0.39, 0.29) is 31.3 Å². The summed E-state index contributed by atoms with van der Waals surface area (Å²) >= 11 is 2.82. The summed E-state index contributed by atoms with van der Waals surface area (Å²) in [4.78, 5) is 25.6. The molecule has 0 aliphatic heterocycles. The summed E-state index contributed by atoms with van der Waals surface area (Å²) in [7, 11) is 1.70. The molecule has 7 nitrogen and oxygen atoms in total. The van der Waals surface area contributed by atoms with E-state index >= 15 is 0 Å². The number of amides is 1. The molecule has 3 aromatic rings. The summed E-state index contributed by atoms with van der Waals surface area (Å²) in [6.45, 7) is 3.48. The zero-order valence-electron chi connectivity index (χ0n) is 20.0. The second-order valence-electron chi connectivity index (χ2n) is 7.30. The first-order chi connectivity index (χ1) is 16.8. The lowest BCUT2D eigenvalue weighted by Crippen LogP contribution is -2.36. The lowest BCUT2D eigenvalue weighted by atomic mass is 10.1. The zero-order chi connectivity index (χ0) is 25.8. The van der Waals surface area contributed by atoms with E-state index in [2.05, 4.69) is 0 Å². The molecular formula is C27H35NO6S2. The molecule has 0 fully saturated rings. The van der Waals surface area contributed by atoms with Crippen LogP contribution in [0.25, 0.3) is 0 Å². The van der Waals surface area contributed by atoms with Crippen LogP contribution in [-0.4, -0.2) is 51.9 Å². The van der Waals surface area contributed by atoms with Gasteiger partial charge in [-0.25, -0.2) is 4.79 Å². The van der Waals surface area contributed by atoms with Crippen molar-refractivity contribution in [3.05, 3.63) is 76.5 Å². The molecule has 2 aromatic carbocycles. The standard InChI is InChI=1S/C24H25NO6S2.C2H6.CH4/c1-25(18-5-3-2-4-6-18)24(30)22(33-15-21(27)17-9-10-32-14-17)11-16-7-8-19(12-20(16)26)31-13-23(28)29;1-2;/h2-10,12,14,21-22,26-27H,11,13,15H2,1H3,(H,28,29);1-2H3;1H4. The van der Waals surface area contributed by atoms with Gasteiger partial charge < -0.3 is 25.0 Å². The Bertz CT molecular complexity index is 1060. The number of benzene rings is 2. The third kappa shape index (κ3) is 9.22. The molecule has 0 aliphatic carbocycles. The molecule has 0 aliphatic rings. The molecule has 196 valence electrons. The SMILES string of the molecule is C.CC.CN(C(=O)C(Cc1ccc(OCC(=O)O)cc1O)SCC(O)c1ccsc1)c1ccccc1. The number of aliphatic hydroxyl groups excluding tert-OH is 1. The van der Waals surface area contributed by atoms with Crippen LogP contribution in [0, 0.1) is 0 Å². The number of phenolic OH excluding ortho intramolecular Hbond substituents is 1. The van der Waals surface area contributed by atoms with Crippen molar-refractivity contribution in [2.75, 3.05) is 24.3 Å². The number of thioether (sulfide) groups is 1. The highest BCUT2D eigenvalue weighted by molar-refractivity contribution is 8.00. The minimum Gasteiger partial charge on any atom is -0.508 e. The topological polar surface area (TPSA) is 107 Å². The Labute approximate surface area is 221 Å². The van der Waals surface area contributed by atoms with Crippen LogP contribution in [0.4, 0.5) is 5.69 Å². The fourth-order valence-electron chi connectivity index (χ4n) is 3.13. The first kappa shape index (κ1) is 31.0. The van der Waals surface area contributed by atoms with Crippen molar-refractivity contribution in [3.63, 3.8) is 0 Å². The molecule has 9 heteroatoms. The molecule has 3 N–H and O–H groups in total. The van der Waals surface area contributed by atoms with Crippen molar-refractivity contribution in [1.29, 1.82) is 0 Å². The molecule has 1 heterocycles. The molecule has 0 radical (unpaired) electrons. The molecule has 0 saturated carbocycles. The highest BCUT2D eigenvalue weighted by Crippen LogP contribution is 2.31. The fourth-order valence-corrected chi connectivity index (χ4v) is 5.04. The predicted molar refractivity (Wildman–Crippen MR) is 148 cm³/mol. The summed E-state index contributed by atoms with van der Waals surface area (Å²) in [6, 6.07) is 15.6. The summed E-state index contributed by atoms with van der Waals surface area (Å²) < 4.78 is 5.10. The second-order valence-corrected chi connectivity index (χ2v) is 9.32. The molecule has 1 amide bonds. The smallest absolute Gasteiger partial charge is 0.341 e. The first-order valence-electron chi connectivity index (χ1n) is 11.2. The fraction of sp³-hybridized carbons (Fsp3) is 0.333. The predicted octanol–water partition coefficient (Wildman–Crippen LogP) is 5.62. The number of para-hydroxylation sites is 1. The number of thiophene rings is 1. The van der Waals surface area contributed by atoms with Crippen LogP contribution in [0.2, 0.25) is 0 Å². The molecule has 0 spiro atoms. The Hall–Kier alpha value is -3.01. The summed E-state index contributed by atoms with van der Waals surface area (Å²) in [5, 5.41) is 32.9. The van der Waals surface area contributed by atoms with Gasteiger partial charge in [-0.15, -0.1) is 11.8 Å². The molecule has 1 aromatic heterocycles. The Morgan fingerprint density at radius 2 is 1.81 bits per heavy atom. The maximum Gasteiger partial charge on any atom is 0.341 e. The van der Waals surface area contributed by atoms with Crippen molar-refractivity contribution in [1.82, 2.24) is 0 Å².